The van der Waals surface area contributed by atoms with Crippen LogP contribution in [0.15, 0.2) is 22.7 Å². The highest BCUT2D eigenvalue weighted by Crippen LogP contribution is 2.44. The summed E-state index contributed by atoms with van der Waals surface area (Å²) in [7, 11) is 1.70. The van der Waals surface area contributed by atoms with E-state index in [9.17, 15) is 0 Å². The summed E-state index contributed by atoms with van der Waals surface area (Å²) in [5, 5.41) is 0. The van der Waals surface area contributed by atoms with Crippen molar-refractivity contribution in [3.05, 3.63) is 28.2 Å². The van der Waals surface area contributed by atoms with Crippen LogP contribution >= 0.6 is 15.9 Å². The minimum Gasteiger partial charge on any atom is -0.497 e. The average Bonchev–Trinajstić information content (AvgIpc) is 2.56. The van der Waals surface area contributed by atoms with Gasteiger partial charge < -0.3 is 10.5 Å². The van der Waals surface area contributed by atoms with Crippen molar-refractivity contribution in [1.29, 1.82) is 0 Å². The first-order chi connectivity index (χ1) is 8.34. The molecule has 0 bridgehead atoms. The lowest BCUT2D eigenvalue weighted by Gasteiger charge is -2.27. The zero-order valence-electron chi connectivity index (χ0n) is 11.4. The fraction of sp³-hybridized carbons (Fsp3) is 0.600. The predicted molar refractivity (Wildman–Crippen MR) is 78.9 cm³/mol. The summed E-state index contributed by atoms with van der Waals surface area (Å²) >= 11 is 3.61. The van der Waals surface area contributed by atoms with E-state index in [1.807, 2.05) is 12.1 Å². The van der Waals surface area contributed by atoms with Gasteiger partial charge in [-0.05, 0) is 54.9 Å². The van der Waals surface area contributed by atoms with Gasteiger partial charge in [0.15, 0.2) is 0 Å². The second-order valence-electron chi connectivity index (χ2n) is 6.34. The van der Waals surface area contributed by atoms with E-state index in [0.29, 0.717) is 5.41 Å². The third-order valence-corrected chi connectivity index (χ3v) is 4.70. The summed E-state index contributed by atoms with van der Waals surface area (Å²) in [5.41, 5.74) is 8.11. The number of ether oxygens (including phenoxy) is 1. The van der Waals surface area contributed by atoms with E-state index in [0.717, 1.165) is 29.5 Å². The largest absolute Gasteiger partial charge is 0.497 e. The molecule has 2 nitrogen and oxygen atoms in total. The molecule has 0 aromatic heterocycles. The molecular formula is C15H22BrNO. The molecule has 1 aliphatic rings. The Labute approximate surface area is 118 Å². The van der Waals surface area contributed by atoms with Gasteiger partial charge in [0.05, 0.1) is 7.11 Å². The van der Waals surface area contributed by atoms with Gasteiger partial charge in [0.1, 0.15) is 5.75 Å². The van der Waals surface area contributed by atoms with Gasteiger partial charge in [-0.15, -0.1) is 0 Å². The van der Waals surface area contributed by atoms with Gasteiger partial charge in [-0.25, -0.2) is 0 Å². The number of nitrogens with two attached hydrogens (primary N) is 1. The van der Waals surface area contributed by atoms with Crippen LogP contribution in [0.2, 0.25) is 0 Å². The molecule has 2 rings (SSSR count). The molecule has 0 heterocycles. The molecule has 1 atom stereocenters. The van der Waals surface area contributed by atoms with E-state index in [1.165, 1.54) is 12.0 Å². The first-order valence-corrected chi connectivity index (χ1v) is 7.24. The molecule has 0 amide bonds. The Morgan fingerprint density at radius 2 is 2.06 bits per heavy atom. The topological polar surface area (TPSA) is 35.2 Å². The van der Waals surface area contributed by atoms with Crippen LogP contribution in [0.5, 0.6) is 5.75 Å². The number of halogens is 1. The van der Waals surface area contributed by atoms with Crippen molar-refractivity contribution in [2.24, 2.45) is 11.1 Å². The Hall–Kier alpha value is -0.540. The van der Waals surface area contributed by atoms with E-state index < -0.39 is 0 Å². The number of rotatable bonds is 3. The predicted octanol–water partition coefficient (Wildman–Crippen LogP) is 3.91. The summed E-state index contributed by atoms with van der Waals surface area (Å²) in [6.45, 7) is 4.62. The maximum absolute atomic E-state index is 6.57. The van der Waals surface area contributed by atoms with Crippen LogP contribution < -0.4 is 10.5 Å². The van der Waals surface area contributed by atoms with Crippen molar-refractivity contribution < 1.29 is 4.74 Å². The van der Waals surface area contributed by atoms with Gasteiger partial charge in [0, 0.05) is 10.0 Å². The van der Waals surface area contributed by atoms with E-state index in [4.69, 9.17) is 10.5 Å². The molecule has 0 radical (unpaired) electrons. The Kier molecular flexibility index (Phi) is 3.75. The van der Waals surface area contributed by atoms with Crippen LogP contribution in [0.3, 0.4) is 0 Å². The molecule has 18 heavy (non-hydrogen) atoms. The van der Waals surface area contributed by atoms with E-state index in [1.54, 1.807) is 7.11 Å². The smallest absolute Gasteiger partial charge is 0.119 e. The average molecular weight is 312 g/mol. The standard InChI is InChI=1S/C15H22BrNO/c1-14(2)6-7-15(17,10-14)9-11-8-12(18-3)4-5-13(11)16/h4-5,8H,6-7,9-10,17H2,1-3H3. The molecule has 1 aliphatic carbocycles. The van der Waals surface area contributed by atoms with Crippen molar-refractivity contribution in [3.8, 4) is 5.75 Å². The summed E-state index contributed by atoms with van der Waals surface area (Å²) < 4.78 is 6.41. The van der Waals surface area contributed by atoms with E-state index >= 15 is 0 Å². The van der Waals surface area contributed by atoms with Gasteiger partial charge >= 0.3 is 0 Å². The lowest BCUT2D eigenvalue weighted by atomic mass is 9.85. The third-order valence-electron chi connectivity index (χ3n) is 3.93. The highest BCUT2D eigenvalue weighted by atomic mass is 79.9. The maximum Gasteiger partial charge on any atom is 0.119 e. The molecule has 1 unspecified atom stereocenters. The summed E-state index contributed by atoms with van der Waals surface area (Å²) in [6.07, 6.45) is 4.31. The van der Waals surface area contributed by atoms with Gasteiger partial charge in [-0.2, -0.15) is 0 Å². The molecule has 3 heteroatoms. The Morgan fingerprint density at radius 1 is 1.33 bits per heavy atom. The molecule has 100 valence electrons. The first-order valence-electron chi connectivity index (χ1n) is 6.45. The van der Waals surface area contributed by atoms with Crippen molar-refractivity contribution in [2.45, 2.75) is 45.1 Å². The van der Waals surface area contributed by atoms with Crippen LogP contribution in [0.1, 0.15) is 38.7 Å². The minimum absolute atomic E-state index is 0.0710. The van der Waals surface area contributed by atoms with Crippen LogP contribution in [0, 0.1) is 5.41 Å². The van der Waals surface area contributed by atoms with Gasteiger partial charge in [0.25, 0.3) is 0 Å². The number of methoxy groups -OCH3 is 1. The third kappa shape index (κ3) is 3.07. The Bertz CT molecular complexity index is 444. The van der Waals surface area contributed by atoms with Gasteiger partial charge in [-0.3, -0.25) is 0 Å². The molecule has 1 aromatic carbocycles. The number of hydrogen-bond donors (Lipinski definition) is 1. The molecule has 2 N–H and O–H groups in total. The molecule has 0 saturated heterocycles. The van der Waals surface area contributed by atoms with Gasteiger partial charge in [-0.1, -0.05) is 29.8 Å². The fourth-order valence-corrected chi connectivity index (χ4v) is 3.45. The summed E-state index contributed by atoms with van der Waals surface area (Å²) in [4.78, 5) is 0. The fourth-order valence-electron chi connectivity index (χ4n) is 3.06. The zero-order valence-corrected chi connectivity index (χ0v) is 13.0. The first kappa shape index (κ1) is 13.9. The summed E-state index contributed by atoms with van der Waals surface area (Å²) in [6, 6.07) is 6.09. The Balaban J connectivity index is 2.19. The SMILES string of the molecule is COc1ccc(Br)c(CC2(N)CCC(C)(C)C2)c1. The summed E-state index contributed by atoms with van der Waals surface area (Å²) in [5.74, 6) is 0.897. The Morgan fingerprint density at radius 3 is 2.61 bits per heavy atom. The maximum atomic E-state index is 6.57. The van der Waals surface area contributed by atoms with E-state index in [2.05, 4.69) is 35.8 Å². The van der Waals surface area contributed by atoms with Gasteiger partial charge in [0.2, 0.25) is 0 Å². The van der Waals surface area contributed by atoms with E-state index in [-0.39, 0.29) is 5.54 Å². The molecule has 0 aliphatic heterocycles. The van der Waals surface area contributed by atoms with Crippen LogP contribution in [0.4, 0.5) is 0 Å². The normalized spacial score (nSPS) is 26.3. The minimum atomic E-state index is -0.0710. The lowest BCUT2D eigenvalue weighted by molar-refractivity contribution is 0.334. The lowest BCUT2D eigenvalue weighted by Crippen LogP contribution is -2.40. The quantitative estimate of drug-likeness (QED) is 0.918. The monoisotopic (exact) mass is 311 g/mol. The molecule has 1 fully saturated rings. The van der Waals surface area contributed by atoms with Crippen molar-refractivity contribution >= 4 is 15.9 Å². The number of benzene rings is 1. The second kappa shape index (κ2) is 4.86. The van der Waals surface area contributed by atoms with Crippen LogP contribution in [0.25, 0.3) is 0 Å². The molecule has 0 spiro atoms. The van der Waals surface area contributed by atoms with Crippen LogP contribution in [-0.2, 0) is 6.42 Å². The van der Waals surface area contributed by atoms with Crippen molar-refractivity contribution in [2.75, 3.05) is 7.11 Å². The highest BCUT2D eigenvalue weighted by Gasteiger charge is 2.40. The zero-order chi connectivity index (χ0) is 13.4. The molecular weight excluding hydrogens is 290 g/mol. The molecule has 1 saturated carbocycles. The molecule has 1 aromatic rings. The number of hydrogen-bond acceptors (Lipinski definition) is 2. The second-order valence-corrected chi connectivity index (χ2v) is 7.19. The van der Waals surface area contributed by atoms with Crippen LogP contribution in [-0.4, -0.2) is 12.6 Å². The van der Waals surface area contributed by atoms with Crippen molar-refractivity contribution in [3.63, 3.8) is 0 Å². The highest BCUT2D eigenvalue weighted by molar-refractivity contribution is 9.10. The van der Waals surface area contributed by atoms with Crippen molar-refractivity contribution in [1.82, 2.24) is 0 Å².